The SMILES string of the molecule is Cc1ccc(-c2nc(C(=O)NCC(C)(C)C[C@@H](C)O)cs2)cc1. The zero-order valence-corrected chi connectivity index (χ0v) is 14.9. The van der Waals surface area contributed by atoms with Crippen LogP contribution in [0.15, 0.2) is 29.6 Å². The van der Waals surface area contributed by atoms with Gasteiger partial charge < -0.3 is 10.4 Å². The third-order valence-corrected chi connectivity index (χ3v) is 4.50. The number of aromatic nitrogens is 1. The maximum Gasteiger partial charge on any atom is 0.270 e. The van der Waals surface area contributed by atoms with E-state index in [1.54, 1.807) is 12.3 Å². The highest BCUT2D eigenvalue weighted by Gasteiger charge is 2.22. The first kappa shape index (κ1) is 17.6. The molecule has 0 aliphatic heterocycles. The van der Waals surface area contributed by atoms with Crippen LogP contribution in [0, 0.1) is 12.3 Å². The van der Waals surface area contributed by atoms with Gasteiger partial charge in [-0.05, 0) is 25.7 Å². The molecule has 5 heteroatoms. The molecule has 1 amide bonds. The monoisotopic (exact) mass is 332 g/mol. The summed E-state index contributed by atoms with van der Waals surface area (Å²) in [6, 6.07) is 8.10. The summed E-state index contributed by atoms with van der Waals surface area (Å²) in [5.74, 6) is -0.168. The van der Waals surface area contributed by atoms with Crippen molar-refractivity contribution in [3.63, 3.8) is 0 Å². The highest BCUT2D eigenvalue weighted by molar-refractivity contribution is 7.13. The normalized spacial score (nSPS) is 12.9. The molecular weight excluding hydrogens is 308 g/mol. The van der Waals surface area contributed by atoms with E-state index in [9.17, 15) is 9.90 Å². The van der Waals surface area contributed by atoms with Crippen LogP contribution in [0.5, 0.6) is 0 Å². The van der Waals surface area contributed by atoms with Gasteiger partial charge in [-0.25, -0.2) is 4.98 Å². The number of aliphatic hydroxyl groups excluding tert-OH is 1. The van der Waals surface area contributed by atoms with Gasteiger partial charge in [0.2, 0.25) is 0 Å². The molecule has 2 rings (SSSR count). The van der Waals surface area contributed by atoms with Crippen LogP contribution in [0.4, 0.5) is 0 Å². The molecule has 23 heavy (non-hydrogen) atoms. The topological polar surface area (TPSA) is 62.2 Å². The lowest BCUT2D eigenvalue weighted by Crippen LogP contribution is -2.35. The van der Waals surface area contributed by atoms with Gasteiger partial charge in [-0.2, -0.15) is 0 Å². The summed E-state index contributed by atoms with van der Waals surface area (Å²) in [7, 11) is 0. The molecule has 1 aromatic carbocycles. The van der Waals surface area contributed by atoms with E-state index in [0.29, 0.717) is 18.7 Å². The Morgan fingerprint density at radius 2 is 2.00 bits per heavy atom. The van der Waals surface area contributed by atoms with Crippen LogP contribution >= 0.6 is 11.3 Å². The number of thiazole rings is 1. The third-order valence-electron chi connectivity index (χ3n) is 3.61. The molecule has 1 heterocycles. The molecule has 2 aromatic rings. The number of aryl methyl sites for hydroxylation is 1. The van der Waals surface area contributed by atoms with E-state index in [1.165, 1.54) is 16.9 Å². The lowest BCUT2D eigenvalue weighted by atomic mass is 9.87. The van der Waals surface area contributed by atoms with Crippen molar-refractivity contribution in [2.75, 3.05) is 6.54 Å². The van der Waals surface area contributed by atoms with Crippen LogP contribution in [-0.2, 0) is 0 Å². The van der Waals surface area contributed by atoms with Crippen LogP contribution in [0.3, 0.4) is 0 Å². The molecule has 0 unspecified atom stereocenters. The van der Waals surface area contributed by atoms with Gasteiger partial charge in [0.1, 0.15) is 10.7 Å². The summed E-state index contributed by atoms with van der Waals surface area (Å²) < 4.78 is 0. The van der Waals surface area contributed by atoms with Crippen LogP contribution in [0.25, 0.3) is 10.6 Å². The number of aliphatic hydroxyl groups is 1. The fourth-order valence-electron chi connectivity index (χ4n) is 2.49. The fourth-order valence-corrected chi connectivity index (χ4v) is 3.29. The Hall–Kier alpha value is -1.72. The standard InChI is InChI=1S/C18H24N2O2S/c1-12-5-7-14(8-6-12)17-20-15(10-23-17)16(22)19-11-18(3,4)9-13(2)21/h5-8,10,13,21H,9,11H2,1-4H3,(H,19,22)/t13-/m1/s1. The van der Waals surface area contributed by atoms with Gasteiger partial charge in [-0.1, -0.05) is 43.7 Å². The summed E-state index contributed by atoms with van der Waals surface area (Å²) in [5, 5.41) is 15.0. The van der Waals surface area contributed by atoms with Crippen molar-refractivity contribution in [3.8, 4) is 10.6 Å². The Labute approximate surface area is 141 Å². The van der Waals surface area contributed by atoms with E-state index in [4.69, 9.17) is 0 Å². The predicted molar refractivity (Wildman–Crippen MR) is 94.7 cm³/mol. The highest BCUT2D eigenvalue weighted by atomic mass is 32.1. The van der Waals surface area contributed by atoms with E-state index < -0.39 is 0 Å². The van der Waals surface area contributed by atoms with E-state index in [-0.39, 0.29) is 17.4 Å². The molecule has 2 N–H and O–H groups in total. The summed E-state index contributed by atoms with van der Waals surface area (Å²) >= 11 is 1.47. The Kier molecular flexibility index (Phi) is 5.55. The molecule has 0 aliphatic rings. The fraction of sp³-hybridized carbons (Fsp3) is 0.444. The second-order valence-corrected chi connectivity index (χ2v) is 7.66. The number of carbonyl (C=O) groups excluding carboxylic acids is 1. The van der Waals surface area contributed by atoms with Gasteiger partial charge in [-0.3, -0.25) is 4.79 Å². The zero-order valence-electron chi connectivity index (χ0n) is 14.1. The average molecular weight is 332 g/mol. The van der Waals surface area contributed by atoms with Crippen molar-refractivity contribution < 1.29 is 9.90 Å². The number of nitrogens with one attached hydrogen (secondary N) is 1. The number of nitrogens with zero attached hydrogens (tertiary/aromatic N) is 1. The summed E-state index contributed by atoms with van der Waals surface area (Å²) in [6.45, 7) is 8.36. The molecule has 0 radical (unpaired) electrons. The summed E-state index contributed by atoms with van der Waals surface area (Å²) in [4.78, 5) is 16.7. The van der Waals surface area contributed by atoms with Crippen LogP contribution in [-0.4, -0.2) is 28.6 Å². The molecule has 124 valence electrons. The van der Waals surface area contributed by atoms with E-state index in [2.05, 4.69) is 10.3 Å². The van der Waals surface area contributed by atoms with E-state index >= 15 is 0 Å². The maximum atomic E-state index is 12.2. The Morgan fingerprint density at radius 1 is 1.35 bits per heavy atom. The first-order chi connectivity index (χ1) is 10.8. The van der Waals surface area contributed by atoms with Crippen molar-refractivity contribution in [2.45, 2.75) is 40.2 Å². The number of amides is 1. The summed E-state index contributed by atoms with van der Waals surface area (Å²) in [6.07, 6.45) is 0.258. The van der Waals surface area contributed by atoms with Crippen molar-refractivity contribution >= 4 is 17.2 Å². The van der Waals surface area contributed by atoms with Gasteiger partial charge in [0.15, 0.2) is 0 Å². The minimum absolute atomic E-state index is 0.153. The zero-order chi connectivity index (χ0) is 17.0. The van der Waals surface area contributed by atoms with Crippen molar-refractivity contribution in [3.05, 3.63) is 40.9 Å². The molecule has 0 bridgehead atoms. The van der Waals surface area contributed by atoms with Gasteiger partial charge in [0.05, 0.1) is 6.10 Å². The third kappa shape index (κ3) is 5.15. The molecule has 0 saturated heterocycles. The average Bonchev–Trinajstić information content (AvgIpc) is 2.94. The van der Waals surface area contributed by atoms with Crippen molar-refractivity contribution in [1.82, 2.24) is 10.3 Å². The maximum absolute atomic E-state index is 12.2. The minimum Gasteiger partial charge on any atom is -0.393 e. The Bertz CT molecular complexity index is 660. The smallest absolute Gasteiger partial charge is 0.270 e. The van der Waals surface area contributed by atoms with Crippen molar-refractivity contribution in [1.29, 1.82) is 0 Å². The lowest BCUT2D eigenvalue weighted by Gasteiger charge is -2.26. The first-order valence-corrected chi connectivity index (χ1v) is 8.64. The van der Waals surface area contributed by atoms with Crippen LogP contribution in [0.1, 0.15) is 43.2 Å². The van der Waals surface area contributed by atoms with Gasteiger partial charge >= 0.3 is 0 Å². The Morgan fingerprint density at radius 3 is 2.61 bits per heavy atom. The number of hydrogen-bond acceptors (Lipinski definition) is 4. The lowest BCUT2D eigenvalue weighted by molar-refractivity contribution is 0.0898. The molecule has 4 nitrogen and oxygen atoms in total. The molecular formula is C18H24N2O2S. The summed E-state index contributed by atoms with van der Waals surface area (Å²) in [5.41, 5.74) is 2.51. The molecule has 0 fully saturated rings. The second-order valence-electron chi connectivity index (χ2n) is 6.80. The number of rotatable bonds is 6. The van der Waals surface area contributed by atoms with E-state index in [0.717, 1.165) is 10.6 Å². The molecule has 1 atom stereocenters. The number of hydrogen-bond donors (Lipinski definition) is 2. The highest BCUT2D eigenvalue weighted by Crippen LogP contribution is 2.24. The quantitative estimate of drug-likeness (QED) is 0.849. The van der Waals surface area contributed by atoms with Crippen molar-refractivity contribution in [2.24, 2.45) is 5.41 Å². The van der Waals surface area contributed by atoms with Gasteiger partial charge in [0, 0.05) is 17.5 Å². The van der Waals surface area contributed by atoms with E-state index in [1.807, 2.05) is 45.0 Å². The second kappa shape index (κ2) is 7.23. The Balaban J connectivity index is 2.00. The van der Waals surface area contributed by atoms with Gasteiger partial charge in [-0.15, -0.1) is 11.3 Å². The van der Waals surface area contributed by atoms with Crippen LogP contribution < -0.4 is 5.32 Å². The van der Waals surface area contributed by atoms with Gasteiger partial charge in [0.25, 0.3) is 5.91 Å². The molecule has 0 saturated carbocycles. The molecule has 0 aliphatic carbocycles. The number of carbonyl (C=O) groups is 1. The largest absolute Gasteiger partial charge is 0.393 e. The minimum atomic E-state index is -0.380. The number of benzene rings is 1. The first-order valence-electron chi connectivity index (χ1n) is 7.76. The molecule has 0 spiro atoms. The molecule has 1 aromatic heterocycles. The predicted octanol–water partition coefficient (Wildman–Crippen LogP) is 3.65. The van der Waals surface area contributed by atoms with Crippen LogP contribution in [0.2, 0.25) is 0 Å².